The fraction of sp³-hybridized carbons (Fsp3) is 0.333. The topological polar surface area (TPSA) is 79.2 Å². The molecule has 0 aliphatic rings. The van der Waals surface area contributed by atoms with Gasteiger partial charge in [0.15, 0.2) is 0 Å². The molecule has 21 heavy (non-hydrogen) atoms. The first-order valence-electron chi connectivity index (χ1n) is 6.01. The van der Waals surface area contributed by atoms with Crippen LogP contribution in [-0.2, 0) is 10.0 Å². The summed E-state index contributed by atoms with van der Waals surface area (Å²) in [4.78, 5) is 2.69. The summed E-state index contributed by atoms with van der Waals surface area (Å²) in [5.41, 5.74) is 6.56. The number of aromatic amines is 1. The van der Waals surface area contributed by atoms with Crippen molar-refractivity contribution in [1.82, 2.24) is 9.29 Å². The van der Waals surface area contributed by atoms with Gasteiger partial charge in [-0.3, -0.25) is 0 Å². The zero-order valence-electron chi connectivity index (χ0n) is 11.1. The molecule has 1 aromatic heterocycles. The lowest BCUT2D eigenvalue weighted by atomic mass is 10.2. The van der Waals surface area contributed by atoms with Gasteiger partial charge in [-0.05, 0) is 18.2 Å². The Morgan fingerprint density at radius 1 is 1.33 bits per heavy atom. The highest BCUT2D eigenvalue weighted by atomic mass is 32.2. The number of nitrogen functional groups attached to an aromatic ring is 1. The number of H-pyrrole nitrogens is 1. The standard InChI is InChI=1S/C12H14F3N3O2S/c1-18(5-4-12(13,14)15)21(19,20)11-7-17-10-6-8(16)2-3-9(10)11/h2-3,6-7,17H,4-5,16H2,1H3. The number of nitrogens with two attached hydrogens (primary N) is 1. The first kappa shape index (κ1) is 15.6. The number of hydrogen-bond donors (Lipinski definition) is 2. The lowest BCUT2D eigenvalue weighted by Gasteiger charge is -2.17. The molecule has 0 amide bonds. The van der Waals surface area contributed by atoms with Crippen molar-refractivity contribution in [3.63, 3.8) is 0 Å². The molecule has 1 heterocycles. The van der Waals surface area contributed by atoms with Crippen LogP contribution < -0.4 is 5.73 Å². The van der Waals surface area contributed by atoms with Crippen molar-refractivity contribution in [2.45, 2.75) is 17.5 Å². The van der Waals surface area contributed by atoms with Crippen LogP contribution in [0.4, 0.5) is 18.9 Å². The van der Waals surface area contributed by atoms with E-state index in [9.17, 15) is 21.6 Å². The average molecular weight is 321 g/mol. The average Bonchev–Trinajstić information content (AvgIpc) is 2.78. The Morgan fingerprint density at radius 2 is 2.00 bits per heavy atom. The Bertz CT molecular complexity index is 753. The molecule has 0 saturated heterocycles. The summed E-state index contributed by atoms with van der Waals surface area (Å²) in [7, 11) is -2.87. The van der Waals surface area contributed by atoms with Crippen molar-refractivity contribution in [2.24, 2.45) is 0 Å². The van der Waals surface area contributed by atoms with E-state index in [4.69, 9.17) is 5.73 Å². The normalized spacial score (nSPS) is 13.2. The van der Waals surface area contributed by atoms with Gasteiger partial charge >= 0.3 is 6.18 Å². The summed E-state index contributed by atoms with van der Waals surface area (Å²) >= 11 is 0. The van der Waals surface area contributed by atoms with Crippen LogP contribution in [-0.4, -0.2) is 37.5 Å². The van der Waals surface area contributed by atoms with E-state index in [1.54, 1.807) is 6.07 Å². The van der Waals surface area contributed by atoms with Gasteiger partial charge in [0.1, 0.15) is 4.90 Å². The van der Waals surface area contributed by atoms with Gasteiger partial charge in [-0.1, -0.05) is 0 Å². The molecule has 2 aromatic rings. The molecule has 0 aliphatic heterocycles. The molecule has 0 unspecified atom stereocenters. The number of fused-ring (bicyclic) bond motifs is 1. The Kier molecular flexibility index (Phi) is 3.89. The Balaban J connectivity index is 2.33. The van der Waals surface area contributed by atoms with E-state index in [0.717, 1.165) is 7.05 Å². The van der Waals surface area contributed by atoms with Gasteiger partial charge in [0, 0.05) is 36.4 Å². The molecule has 0 bridgehead atoms. The second-order valence-electron chi connectivity index (χ2n) is 4.65. The van der Waals surface area contributed by atoms with Crippen LogP contribution in [0.2, 0.25) is 0 Å². The van der Waals surface area contributed by atoms with Crippen molar-refractivity contribution in [1.29, 1.82) is 0 Å². The van der Waals surface area contributed by atoms with Crippen LogP contribution in [0.15, 0.2) is 29.3 Å². The smallest absolute Gasteiger partial charge is 0.390 e. The first-order chi connectivity index (χ1) is 9.61. The summed E-state index contributed by atoms with van der Waals surface area (Å²) in [5, 5.41) is 0.392. The minimum Gasteiger partial charge on any atom is -0.399 e. The van der Waals surface area contributed by atoms with Crippen LogP contribution in [0.5, 0.6) is 0 Å². The van der Waals surface area contributed by atoms with E-state index in [-0.39, 0.29) is 4.90 Å². The molecule has 0 saturated carbocycles. The number of benzene rings is 1. The summed E-state index contributed by atoms with van der Waals surface area (Å²) in [6.45, 7) is -0.631. The lowest BCUT2D eigenvalue weighted by Crippen LogP contribution is -2.30. The van der Waals surface area contributed by atoms with Gasteiger partial charge in [-0.15, -0.1) is 0 Å². The lowest BCUT2D eigenvalue weighted by molar-refractivity contribution is -0.135. The molecule has 1 aromatic carbocycles. The minimum absolute atomic E-state index is 0.0674. The molecular weight excluding hydrogens is 307 g/mol. The summed E-state index contributed by atoms with van der Waals surface area (Å²) in [6.07, 6.45) is -4.35. The molecule has 2 rings (SSSR count). The quantitative estimate of drug-likeness (QED) is 0.848. The molecule has 116 valence electrons. The molecule has 5 nitrogen and oxygen atoms in total. The molecule has 0 fully saturated rings. The van der Waals surface area contributed by atoms with E-state index in [1.807, 2.05) is 0 Å². The maximum Gasteiger partial charge on any atom is 0.390 e. The van der Waals surface area contributed by atoms with Crippen LogP contribution >= 0.6 is 0 Å². The van der Waals surface area contributed by atoms with Crippen molar-refractivity contribution in [3.8, 4) is 0 Å². The summed E-state index contributed by atoms with van der Waals surface area (Å²) < 4.78 is 61.9. The van der Waals surface area contributed by atoms with Crippen molar-refractivity contribution in [2.75, 3.05) is 19.3 Å². The predicted molar refractivity (Wildman–Crippen MR) is 73.2 cm³/mol. The number of sulfonamides is 1. The molecule has 0 atom stereocenters. The van der Waals surface area contributed by atoms with Crippen LogP contribution in [0.25, 0.3) is 10.9 Å². The second kappa shape index (κ2) is 5.23. The number of hydrogen-bond acceptors (Lipinski definition) is 3. The van der Waals surface area contributed by atoms with Crippen molar-refractivity contribution in [3.05, 3.63) is 24.4 Å². The van der Waals surface area contributed by atoms with Crippen molar-refractivity contribution < 1.29 is 21.6 Å². The fourth-order valence-corrected chi connectivity index (χ4v) is 3.23. The number of nitrogens with zero attached hydrogens (tertiary/aromatic N) is 1. The third-order valence-corrected chi connectivity index (χ3v) is 4.96. The summed E-state index contributed by atoms with van der Waals surface area (Å²) in [6, 6.07) is 4.61. The van der Waals surface area contributed by atoms with Gasteiger partial charge in [-0.2, -0.15) is 13.2 Å². The van der Waals surface area contributed by atoms with E-state index in [1.165, 1.54) is 18.3 Å². The highest BCUT2D eigenvalue weighted by molar-refractivity contribution is 7.89. The Morgan fingerprint density at radius 3 is 2.62 bits per heavy atom. The van der Waals surface area contributed by atoms with E-state index in [0.29, 0.717) is 20.9 Å². The molecule has 3 N–H and O–H groups in total. The van der Waals surface area contributed by atoms with Crippen molar-refractivity contribution >= 4 is 26.6 Å². The fourth-order valence-electron chi connectivity index (χ4n) is 1.90. The Hall–Kier alpha value is -1.74. The van der Waals surface area contributed by atoms with Gasteiger partial charge < -0.3 is 10.7 Å². The second-order valence-corrected chi connectivity index (χ2v) is 6.66. The maximum absolute atomic E-state index is 12.3. The third-order valence-electron chi connectivity index (χ3n) is 3.07. The molecular formula is C12H14F3N3O2S. The van der Waals surface area contributed by atoms with Gasteiger partial charge in [0.05, 0.1) is 6.42 Å². The van der Waals surface area contributed by atoms with Crippen LogP contribution in [0, 0.1) is 0 Å². The zero-order valence-corrected chi connectivity index (χ0v) is 11.9. The number of halogens is 3. The molecule has 0 aliphatic carbocycles. The predicted octanol–water partition coefficient (Wildman–Crippen LogP) is 2.32. The largest absolute Gasteiger partial charge is 0.399 e. The summed E-state index contributed by atoms with van der Waals surface area (Å²) in [5.74, 6) is 0. The monoisotopic (exact) mass is 321 g/mol. The third kappa shape index (κ3) is 3.30. The van der Waals surface area contributed by atoms with Gasteiger partial charge in [-0.25, -0.2) is 12.7 Å². The number of alkyl halides is 3. The first-order valence-corrected chi connectivity index (χ1v) is 7.45. The van der Waals surface area contributed by atoms with E-state index >= 15 is 0 Å². The highest BCUT2D eigenvalue weighted by Crippen LogP contribution is 2.27. The molecule has 0 spiro atoms. The number of anilines is 1. The Labute approximate surface area is 119 Å². The van der Waals surface area contributed by atoms with Crippen LogP contribution in [0.3, 0.4) is 0 Å². The zero-order chi connectivity index (χ0) is 15.8. The van der Waals surface area contributed by atoms with Gasteiger partial charge in [0.25, 0.3) is 0 Å². The SMILES string of the molecule is CN(CCC(F)(F)F)S(=O)(=O)c1c[nH]c2cc(N)ccc12. The number of rotatable bonds is 4. The molecule has 0 radical (unpaired) electrons. The van der Waals surface area contributed by atoms with E-state index < -0.39 is 29.2 Å². The number of aromatic nitrogens is 1. The molecule has 9 heteroatoms. The van der Waals surface area contributed by atoms with E-state index in [2.05, 4.69) is 4.98 Å². The maximum atomic E-state index is 12.3. The number of nitrogens with one attached hydrogen (secondary N) is 1. The highest BCUT2D eigenvalue weighted by Gasteiger charge is 2.31. The van der Waals surface area contributed by atoms with Gasteiger partial charge in [0.2, 0.25) is 10.0 Å². The van der Waals surface area contributed by atoms with Crippen LogP contribution in [0.1, 0.15) is 6.42 Å². The minimum atomic E-state index is -4.40.